The number of benzene rings is 1. The monoisotopic (exact) mass is 203 g/mol. The van der Waals surface area contributed by atoms with Crippen molar-refractivity contribution < 1.29 is 0 Å². The fourth-order valence-electron chi connectivity index (χ4n) is 2.38. The van der Waals surface area contributed by atoms with Gasteiger partial charge in [0, 0.05) is 6.04 Å². The highest BCUT2D eigenvalue weighted by molar-refractivity contribution is 5.32. The maximum atomic E-state index is 6.06. The van der Waals surface area contributed by atoms with Crippen LogP contribution in [0.1, 0.15) is 36.5 Å². The van der Waals surface area contributed by atoms with E-state index < -0.39 is 0 Å². The molecule has 1 fully saturated rings. The molecule has 0 aromatic heterocycles. The first-order valence-electron chi connectivity index (χ1n) is 5.85. The molecule has 1 heteroatoms. The maximum Gasteiger partial charge on any atom is 0.00702 e. The van der Waals surface area contributed by atoms with Gasteiger partial charge in [-0.05, 0) is 56.6 Å². The summed E-state index contributed by atoms with van der Waals surface area (Å²) in [5, 5.41) is 0. The van der Waals surface area contributed by atoms with Crippen molar-refractivity contribution in [3.05, 3.63) is 34.9 Å². The van der Waals surface area contributed by atoms with Gasteiger partial charge < -0.3 is 5.73 Å². The minimum Gasteiger partial charge on any atom is -0.327 e. The van der Waals surface area contributed by atoms with Gasteiger partial charge in [-0.25, -0.2) is 0 Å². The Morgan fingerprint density at radius 3 is 2.47 bits per heavy atom. The molecule has 1 aliphatic rings. The van der Waals surface area contributed by atoms with Gasteiger partial charge in [0.2, 0.25) is 0 Å². The van der Waals surface area contributed by atoms with Gasteiger partial charge >= 0.3 is 0 Å². The summed E-state index contributed by atoms with van der Waals surface area (Å²) in [6.07, 6.45) is 3.77. The summed E-state index contributed by atoms with van der Waals surface area (Å²) in [7, 11) is 0. The van der Waals surface area contributed by atoms with E-state index in [1.807, 2.05) is 0 Å². The first kappa shape index (κ1) is 10.7. The van der Waals surface area contributed by atoms with Crippen molar-refractivity contribution in [1.82, 2.24) is 0 Å². The summed E-state index contributed by atoms with van der Waals surface area (Å²) in [6.45, 7) is 6.51. The number of hydrogen-bond acceptors (Lipinski definition) is 1. The van der Waals surface area contributed by atoms with E-state index >= 15 is 0 Å². The van der Waals surface area contributed by atoms with E-state index in [0.717, 1.165) is 6.42 Å². The second kappa shape index (κ2) is 3.64. The van der Waals surface area contributed by atoms with Crippen molar-refractivity contribution in [1.29, 1.82) is 0 Å². The molecular formula is C14H21N. The van der Waals surface area contributed by atoms with Crippen molar-refractivity contribution >= 4 is 0 Å². The van der Waals surface area contributed by atoms with Crippen LogP contribution in [0.15, 0.2) is 18.2 Å². The van der Waals surface area contributed by atoms with Gasteiger partial charge in [-0.15, -0.1) is 0 Å². The van der Waals surface area contributed by atoms with Gasteiger partial charge in [0.15, 0.2) is 0 Å². The zero-order valence-corrected chi connectivity index (χ0v) is 10.0. The second-order valence-corrected chi connectivity index (χ2v) is 5.26. The summed E-state index contributed by atoms with van der Waals surface area (Å²) in [4.78, 5) is 0. The van der Waals surface area contributed by atoms with Gasteiger partial charge in [0.1, 0.15) is 0 Å². The van der Waals surface area contributed by atoms with Gasteiger partial charge in [0.05, 0.1) is 0 Å². The fraction of sp³-hybridized carbons (Fsp3) is 0.571. The Hall–Kier alpha value is -0.820. The van der Waals surface area contributed by atoms with Crippen LogP contribution in [0, 0.1) is 19.3 Å². The molecule has 1 aromatic rings. The third-order valence-corrected chi connectivity index (χ3v) is 3.90. The molecule has 0 spiro atoms. The lowest BCUT2D eigenvalue weighted by molar-refractivity contribution is 0.418. The normalized spacial score (nSPS) is 20.0. The molecule has 1 unspecified atom stereocenters. The highest BCUT2D eigenvalue weighted by Crippen LogP contribution is 2.50. The fourth-order valence-corrected chi connectivity index (χ4v) is 2.38. The first-order chi connectivity index (χ1) is 7.03. The molecule has 0 aliphatic heterocycles. The molecule has 15 heavy (non-hydrogen) atoms. The SMILES string of the molecule is Cc1ccc(CC2(C(C)N)CC2)c(C)c1. The van der Waals surface area contributed by atoms with Crippen molar-refractivity contribution in [2.45, 2.75) is 46.1 Å². The number of rotatable bonds is 3. The summed E-state index contributed by atoms with van der Waals surface area (Å²) >= 11 is 0. The molecular weight excluding hydrogens is 182 g/mol. The lowest BCUT2D eigenvalue weighted by atomic mass is 9.88. The highest BCUT2D eigenvalue weighted by Gasteiger charge is 2.45. The average molecular weight is 203 g/mol. The predicted octanol–water partition coefficient (Wildman–Crippen LogP) is 2.97. The second-order valence-electron chi connectivity index (χ2n) is 5.26. The third kappa shape index (κ3) is 2.07. The Kier molecular flexibility index (Phi) is 2.59. The molecule has 82 valence electrons. The smallest absolute Gasteiger partial charge is 0.00702 e. The van der Waals surface area contributed by atoms with Crippen LogP contribution in [0.4, 0.5) is 0 Å². The van der Waals surface area contributed by atoms with Crippen LogP contribution in [-0.4, -0.2) is 6.04 Å². The maximum absolute atomic E-state index is 6.06. The number of nitrogens with two attached hydrogens (primary N) is 1. The largest absolute Gasteiger partial charge is 0.327 e. The van der Waals surface area contributed by atoms with E-state index in [1.165, 1.54) is 29.5 Å². The van der Waals surface area contributed by atoms with Gasteiger partial charge in [-0.3, -0.25) is 0 Å². The van der Waals surface area contributed by atoms with Gasteiger partial charge in [0.25, 0.3) is 0 Å². The zero-order valence-electron chi connectivity index (χ0n) is 10.0. The Balaban J connectivity index is 2.18. The van der Waals surface area contributed by atoms with E-state index in [-0.39, 0.29) is 0 Å². The van der Waals surface area contributed by atoms with Crippen molar-refractivity contribution in [2.24, 2.45) is 11.1 Å². The van der Waals surface area contributed by atoms with E-state index in [4.69, 9.17) is 5.73 Å². The average Bonchev–Trinajstić information content (AvgIpc) is 2.91. The van der Waals surface area contributed by atoms with E-state index in [0.29, 0.717) is 11.5 Å². The highest BCUT2D eigenvalue weighted by atomic mass is 14.7. The summed E-state index contributed by atoms with van der Waals surface area (Å²) in [5.41, 5.74) is 10.7. The molecule has 1 nitrogen and oxygen atoms in total. The molecule has 0 heterocycles. The molecule has 2 N–H and O–H groups in total. The summed E-state index contributed by atoms with van der Waals surface area (Å²) in [6, 6.07) is 7.08. The predicted molar refractivity (Wildman–Crippen MR) is 64.9 cm³/mol. The Labute approximate surface area is 92.7 Å². The van der Waals surface area contributed by atoms with Crippen LogP contribution in [0.2, 0.25) is 0 Å². The molecule has 1 saturated carbocycles. The lowest BCUT2D eigenvalue weighted by Crippen LogP contribution is -2.30. The molecule has 0 amide bonds. The van der Waals surface area contributed by atoms with Gasteiger partial charge in [-0.2, -0.15) is 0 Å². The Bertz CT molecular complexity index is 362. The first-order valence-corrected chi connectivity index (χ1v) is 5.85. The van der Waals surface area contributed by atoms with Gasteiger partial charge in [-0.1, -0.05) is 23.8 Å². The Morgan fingerprint density at radius 1 is 1.33 bits per heavy atom. The van der Waals surface area contributed by atoms with Crippen molar-refractivity contribution in [3.63, 3.8) is 0 Å². The van der Waals surface area contributed by atoms with E-state index in [9.17, 15) is 0 Å². The van der Waals surface area contributed by atoms with E-state index in [2.05, 4.69) is 39.0 Å². The van der Waals surface area contributed by atoms with Crippen molar-refractivity contribution in [2.75, 3.05) is 0 Å². The summed E-state index contributed by atoms with van der Waals surface area (Å²) in [5.74, 6) is 0. The third-order valence-electron chi connectivity index (χ3n) is 3.90. The van der Waals surface area contributed by atoms with Crippen LogP contribution in [0.5, 0.6) is 0 Å². The van der Waals surface area contributed by atoms with Crippen LogP contribution in [-0.2, 0) is 6.42 Å². The molecule has 0 radical (unpaired) electrons. The minimum atomic E-state index is 0.332. The molecule has 2 rings (SSSR count). The molecule has 1 aliphatic carbocycles. The quantitative estimate of drug-likeness (QED) is 0.803. The van der Waals surface area contributed by atoms with Crippen LogP contribution < -0.4 is 5.73 Å². The molecule has 0 bridgehead atoms. The van der Waals surface area contributed by atoms with E-state index in [1.54, 1.807) is 0 Å². The summed E-state index contributed by atoms with van der Waals surface area (Å²) < 4.78 is 0. The standard InChI is InChI=1S/C14H21N/c1-10-4-5-13(11(2)8-10)9-14(6-7-14)12(3)15/h4-5,8,12H,6-7,9,15H2,1-3H3. The molecule has 0 saturated heterocycles. The topological polar surface area (TPSA) is 26.0 Å². The number of hydrogen-bond donors (Lipinski definition) is 1. The zero-order chi connectivity index (χ0) is 11.1. The Morgan fingerprint density at radius 2 is 2.00 bits per heavy atom. The van der Waals surface area contributed by atoms with Crippen LogP contribution >= 0.6 is 0 Å². The molecule has 1 aromatic carbocycles. The van der Waals surface area contributed by atoms with Crippen LogP contribution in [0.3, 0.4) is 0 Å². The molecule has 1 atom stereocenters. The number of aryl methyl sites for hydroxylation is 2. The lowest BCUT2D eigenvalue weighted by Gasteiger charge is -2.20. The van der Waals surface area contributed by atoms with Crippen LogP contribution in [0.25, 0.3) is 0 Å². The minimum absolute atomic E-state index is 0.332. The van der Waals surface area contributed by atoms with Crippen molar-refractivity contribution in [3.8, 4) is 0 Å².